The first kappa shape index (κ1) is 20.5. The SMILES string of the molecule is Cc1cc(OCC(F)F)cnc1C(=O)Nc1ccc2c(c1)C1(COC(N)=N1)C1(CC1)CO2. The second-order valence-corrected chi connectivity index (χ2v) is 8.37. The van der Waals surface area contributed by atoms with Crippen LogP contribution in [-0.2, 0) is 10.3 Å². The Morgan fingerprint density at radius 3 is 2.75 bits per heavy atom. The van der Waals surface area contributed by atoms with Crippen LogP contribution in [0.3, 0.4) is 0 Å². The number of amidine groups is 1. The predicted octanol–water partition coefficient (Wildman–Crippen LogP) is 3.00. The van der Waals surface area contributed by atoms with E-state index in [9.17, 15) is 13.6 Å². The van der Waals surface area contributed by atoms with Gasteiger partial charge >= 0.3 is 0 Å². The summed E-state index contributed by atoms with van der Waals surface area (Å²) in [6.45, 7) is 1.82. The summed E-state index contributed by atoms with van der Waals surface area (Å²) in [5, 5.41) is 2.85. The number of nitrogens with one attached hydrogen (secondary N) is 1. The van der Waals surface area contributed by atoms with Crippen molar-refractivity contribution in [1.29, 1.82) is 0 Å². The lowest BCUT2D eigenvalue weighted by Gasteiger charge is -2.39. The van der Waals surface area contributed by atoms with Gasteiger partial charge in [0.1, 0.15) is 35.9 Å². The highest BCUT2D eigenvalue weighted by molar-refractivity contribution is 6.04. The van der Waals surface area contributed by atoms with Gasteiger partial charge in [-0.05, 0) is 49.6 Å². The number of ether oxygens (including phenoxy) is 3. The van der Waals surface area contributed by atoms with Gasteiger partial charge in [0.15, 0.2) is 0 Å². The molecule has 0 bridgehead atoms. The molecule has 1 atom stereocenters. The number of nitrogens with two attached hydrogens (primary N) is 1. The second kappa shape index (κ2) is 7.32. The van der Waals surface area contributed by atoms with E-state index in [-0.39, 0.29) is 22.9 Å². The van der Waals surface area contributed by atoms with Gasteiger partial charge in [-0.3, -0.25) is 4.79 Å². The third-order valence-electron chi connectivity index (χ3n) is 6.29. The van der Waals surface area contributed by atoms with Crippen molar-refractivity contribution >= 4 is 17.6 Å². The minimum Gasteiger partial charge on any atom is -0.493 e. The van der Waals surface area contributed by atoms with Crippen LogP contribution in [0, 0.1) is 12.3 Å². The molecule has 5 rings (SSSR count). The number of aryl methyl sites for hydroxylation is 1. The second-order valence-electron chi connectivity index (χ2n) is 8.37. The van der Waals surface area contributed by atoms with Crippen LogP contribution < -0.4 is 20.5 Å². The first-order valence-electron chi connectivity index (χ1n) is 10.3. The summed E-state index contributed by atoms with van der Waals surface area (Å²) < 4.78 is 41.2. The number of rotatable bonds is 5. The fourth-order valence-electron chi connectivity index (χ4n) is 4.44. The Morgan fingerprint density at radius 1 is 1.28 bits per heavy atom. The molecule has 1 fully saturated rings. The summed E-state index contributed by atoms with van der Waals surface area (Å²) in [6, 6.07) is 7.05. The quantitative estimate of drug-likeness (QED) is 0.734. The molecule has 1 unspecified atom stereocenters. The van der Waals surface area contributed by atoms with E-state index in [4.69, 9.17) is 19.9 Å². The fraction of sp³-hybridized carbons (Fsp3) is 0.409. The Morgan fingerprint density at radius 2 is 2.09 bits per heavy atom. The van der Waals surface area contributed by atoms with Crippen molar-refractivity contribution in [2.75, 3.05) is 25.1 Å². The maximum absolute atomic E-state index is 12.8. The molecular formula is C22H22F2N4O4. The van der Waals surface area contributed by atoms with Gasteiger partial charge in [0.05, 0.1) is 12.8 Å². The number of aliphatic imine (C=N–C) groups is 1. The van der Waals surface area contributed by atoms with Crippen molar-refractivity contribution in [3.05, 3.63) is 47.3 Å². The van der Waals surface area contributed by atoms with Gasteiger partial charge in [0, 0.05) is 16.7 Å². The Balaban J connectivity index is 1.40. The van der Waals surface area contributed by atoms with E-state index >= 15 is 0 Å². The van der Waals surface area contributed by atoms with Crippen LogP contribution in [0.2, 0.25) is 0 Å². The Kier molecular flexibility index (Phi) is 4.68. The van der Waals surface area contributed by atoms with Crippen LogP contribution in [0.15, 0.2) is 35.5 Å². The third-order valence-corrected chi connectivity index (χ3v) is 6.29. The summed E-state index contributed by atoms with van der Waals surface area (Å²) in [6.07, 6.45) is 0.595. The number of carbonyl (C=O) groups excluding carboxylic acids is 1. The minimum absolute atomic E-state index is 0.143. The van der Waals surface area contributed by atoms with Crippen molar-refractivity contribution in [3.8, 4) is 11.5 Å². The molecule has 1 aromatic heterocycles. The lowest BCUT2D eigenvalue weighted by atomic mass is 9.74. The molecule has 2 spiro atoms. The van der Waals surface area contributed by atoms with Gasteiger partial charge in [-0.2, -0.15) is 0 Å². The van der Waals surface area contributed by atoms with Crippen molar-refractivity contribution in [1.82, 2.24) is 4.98 Å². The Hall–Kier alpha value is -3.43. The van der Waals surface area contributed by atoms with Gasteiger partial charge in [0.2, 0.25) is 0 Å². The molecule has 3 heterocycles. The number of anilines is 1. The minimum atomic E-state index is -2.59. The van der Waals surface area contributed by atoms with E-state index in [0.29, 0.717) is 30.2 Å². The summed E-state index contributed by atoms with van der Waals surface area (Å²) in [5.74, 6) is 0.441. The number of carbonyl (C=O) groups is 1. The first-order chi connectivity index (χ1) is 15.3. The number of halogens is 2. The van der Waals surface area contributed by atoms with Crippen LogP contribution in [0.1, 0.15) is 34.5 Å². The van der Waals surface area contributed by atoms with Crippen molar-refractivity contribution in [2.24, 2.45) is 16.1 Å². The molecule has 8 nitrogen and oxygen atoms in total. The predicted molar refractivity (Wildman–Crippen MR) is 111 cm³/mol. The maximum Gasteiger partial charge on any atom is 0.283 e. The summed E-state index contributed by atoms with van der Waals surface area (Å²) in [7, 11) is 0. The molecule has 2 aromatic rings. The molecule has 0 radical (unpaired) electrons. The number of fused-ring (bicyclic) bond motifs is 3. The molecule has 1 aliphatic carbocycles. The zero-order chi connectivity index (χ0) is 22.5. The maximum atomic E-state index is 12.8. The van der Waals surface area contributed by atoms with E-state index in [1.807, 2.05) is 6.07 Å². The number of aromatic nitrogens is 1. The highest BCUT2D eigenvalue weighted by atomic mass is 19.3. The van der Waals surface area contributed by atoms with Crippen LogP contribution in [0.4, 0.5) is 14.5 Å². The van der Waals surface area contributed by atoms with Gasteiger partial charge in [-0.1, -0.05) is 0 Å². The van der Waals surface area contributed by atoms with Crippen LogP contribution in [-0.4, -0.2) is 43.2 Å². The molecule has 3 aliphatic rings. The number of amides is 1. The van der Waals surface area contributed by atoms with Crippen LogP contribution >= 0.6 is 0 Å². The average Bonchev–Trinajstić information content (AvgIpc) is 3.45. The standard InChI is InChI=1S/C22H22F2N4O4/c1-12-6-14(30-9-17(23)24)8-26-18(12)19(29)27-13-2-3-16-15(7-13)22(11-32-20(25)28-22)21(4-5-21)10-31-16/h2-3,6-8,17H,4-5,9-11H2,1H3,(H2,25,28)(H,27,29). The average molecular weight is 444 g/mol. The van der Waals surface area contributed by atoms with E-state index in [1.165, 1.54) is 12.3 Å². The fourth-order valence-corrected chi connectivity index (χ4v) is 4.44. The normalized spacial score (nSPS) is 22.2. The van der Waals surface area contributed by atoms with E-state index < -0.39 is 24.5 Å². The Labute approximate surface area is 182 Å². The van der Waals surface area contributed by atoms with Crippen LogP contribution in [0.5, 0.6) is 11.5 Å². The zero-order valence-electron chi connectivity index (χ0n) is 17.4. The van der Waals surface area contributed by atoms with Crippen LogP contribution in [0.25, 0.3) is 0 Å². The van der Waals surface area contributed by atoms with E-state index in [2.05, 4.69) is 15.3 Å². The Bertz CT molecular complexity index is 1120. The number of pyridine rings is 1. The van der Waals surface area contributed by atoms with Crippen molar-refractivity contribution in [2.45, 2.75) is 31.7 Å². The van der Waals surface area contributed by atoms with Crippen molar-refractivity contribution in [3.63, 3.8) is 0 Å². The number of hydrogen-bond acceptors (Lipinski definition) is 7. The zero-order valence-corrected chi connectivity index (χ0v) is 17.4. The molecule has 3 N–H and O–H groups in total. The van der Waals surface area contributed by atoms with Gasteiger partial charge in [-0.15, -0.1) is 0 Å². The molecule has 1 saturated carbocycles. The first-order valence-corrected chi connectivity index (χ1v) is 10.3. The molecule has 0 saturated heterocycles. The lowest BCUT2D eigenvalue weighted by Crippen LogP contribution is -2.44. The molecule has 1 amide bonds. The summed E-state index contributed by atoms with van der Waals surface area (Å²) in [5.41, 5.74) is 7.16. The number of alkyl halides is 2. The molecular weight excluding hydrogens is 422 g/mol. The third kappa shape index (κ3) is 3.30. The molecule has 1 aromatic carbocycles. The van der Waals surface area contributed by atoms with Gasteiger partial charge < -0.3 is 25.3 Å². The topological polar surface area (TPSA) is 108 Å². The molecule has 32 heavy (non-hydrogen) atoms. The summed E-state index contributed by atoms with van der Waals surface area (Å²) >= 11 is 0. The number of nitrogens with zero attached hydrogens (tertiary/aromatic N) is 2. The molecule has 10 heteroatoms. The van der Waals surface area contributed by atoms with E-state index in [1.54, 1.807) is 19.1 Å². The number of benzene rings is 1. The largest absolute Gasteiger partial charge is 0.493 e. The molecule has 168 valence electrons. The van der Waals surface area contributed by atoms with E-state index in [0.717, 1.165) is 18.4 Å². The van der Waals surface area contributed by atoms with Gasteiger partial charge in [-0.25, -0.2) is 18.8 Å². The summed E-state index contributed by atoms with van der Waals surface area (Å²) in [4.78, 5) is 21.6. The number of hydrogen-bond donors (Lipinski definition) is 2. The monoisotopic (exact) mass is 444 g/mol. The molecule has 2 aliphatic heterocycles. The van der Waals surface area contributed by atoms with Gasteiger partial charge in [0.25, 0.3) is 18.4 Å². The smallest absolute Gasteiger partial charge is 0.283 e. The van der Waals surface area contributed by atoms with Crippen molar-refractivity contribution < 1.29 is 27.8 Å². The highest BCUT2D eigenvalue weighted by Crippen LogP contribution is 2.65. The lowest BCUT2D eigenvalue weighted by molar-refractivity contribution is 0.0816. The highest BCUT2D eigenvalue weighted by Gasteiger charge is 2.66.